The van der Waals surface area contributed by atoms with E-state index in [1.54, 1.807) is 6.92 Å². The quantitative estimate of drug-likeness (QED) is 0.574. The van der Waals surface area contributed by atoms with Gasteiger partial charge in [0.05, 0.1) is 29.0 Å². The van der Waals surface area contributed by atoms with Gasteiger partial charge in [-0.1, -0.05) is 30.3 Å². The molecule has 2 aliphatic heterocycles. The van der Waals surface area contributed by atoms with Crippen LogP contribution in [-0.4, -0.2) is 16.6 Å². The van der Waals surface area contributed by atoms with Crippen LogP contribution >= 0.6 is 0 Å². The van der Waals surface area contributed by atoms with E-state index in [1.807, 2.05) is 42.5 Å². The number of hydrogen-bond donors (Lipinski definition) is 1. The number of benzene rings is 2. The third-order valence-electron chi connectivity index (χ3n) is 6.40. The third kappa shape index (κ3) is 2.61. The minimum atomic E-state index is -2.12. The third-order valence-corrected chi connectivity index (χ3v) is 6.40. The van der Waals surface area contributed by atoms with E-state index in [2.05, 4.69) is 6.07 Å². The molecule has 158 valence electrons. The summed E-state index contributed by atoms with van der Waals surface area (Å²) in [5, 5.41) is 50.4. The van der Waals surface area contributed by atoms with Crippen LogP contribution in [0, 0.1) is 66.3 Å². The zero-order valence-corrected chi connectivity index (χ0v) is 17.0. The molecule has 0 saturated carbocycles. The molecule has 9 nitrogen and oxygen atoms in total. The Kier molecular flexibility index (Phi) is 4.70. The lowest BCUT2D eigenvalue weighted by Gasteiger charge is -2.48. The average molecular weight is 427 g/mol. The molecule has 2 aromatic carbocycles. The predicted octanol–water partition coefficient (Wildman–Crippen LogP) is 3.79. The second-order valence-corrected chi connectivity index (χ2v) is 7.99. The van der Waals surface area contributed by atoms with E-state index in [4.69, 9.17) is 14.9 Å². The molecule has 4 unspecified atom stereocenters. The summed E-state index contributed by atoms with van der Waals surface area (Å²) in [6, 6.07) is 20.5. The largest absolute Gasteiger partial charge is 0.448 e. The Morgan fingerprint density at radius 3 is 2.22 bits per heavy atom. The number of nitrogens with one attached hydrogen (secondary N) is 1. The molecule has 2 fully saturated rings. The first kappa shape index (κ1) is 21.0. The number of ether oxygens (including phenoxy) is 2. The maximum Gasteiger partial charge on any atom is 0.269 e. The van der Waals surface area contributed by atoms with Gasteiger partial charge in [-0.3, -0.25) is 15.5 Å². The van der Waals surface area contributed by atoms with Crippen LogP contribution in [0.25, 0.3) is 0 Å². The summed E-state index contributed by atoms with van der Waals surface area (Å²) < 4.78 is 12.0. The number of nitro benzene ring substituents is 1. The maximum absolute atomic E-state index is 11.0. The molecule has 2 saturated heterocycles. The molecule has 4 rings (SSSR count). The lowest BCUT2D eigenvalue weighted by molar-refractivity contribution is -0.384. The van der Waals surface area contributed by atoms with Crippen LogP contribution in [0.15, 0.2) is 54.6 Å². The molecule has 0 spiro atoms. The summed E-state index contributed by atoms with van der Waals surface area (Å²) in [6.07, 6.45) is -1.02. The van der Waals surface area contributed by atoms with Gasteiger partial charge in [-0.05, 0) is 29.7 Å². The Labute approximate surface area is 183 Å². The fourth-order valence-electron chi connectivity index (χ4n) is 4.81. The first-order valence-electron chi connectivity index (χ1n) is 9.76. The molecule has 4 atom stereocenters. The molecule has 0 aromatic heterocycles. The van der Waals surface area contributed by atoms with E-state index in [-0.39, 0.29) is 12.1 Å². The molecule has 2 aliphatic rings. The minimum absolute atomic E-state index is 0.167. The van der Waals surface area contributed by atoms with Crippen LogP contribution in [0.2, 0.25) is 0 Å². The van der Waals surface area contributed by atoms with Gasteiger partial charge in [0.2, 0.25) is 17.1 Å². The molecule has 0 radical (unpaired) electrons. The van der Waals surface area contributed by atoms with Crippen LogP contribution in [0.3, 0.4) is 0 Å². The molecule has 2 aromatic rings. The first-order chi connectivity index (χ1) is 15.3. The van der Waals surface area contributed by atoms with Crippen molar-refractivity contribution >= 4 is 11.6 Å². The molecule has 0 amide bonds. The monoisotopic (exact) mass is 427 g/mol. The summed E-state index contributed by atoms with van der Waals surface area (Å²) in [5.74, 6) is -2.77. The Balaban J connectivity index is 1.91. The highest BCUT2D eigenvalue weighted by molar-refractivity contribution is 5.89. The van der Waals surface area contributed by atoms with E-state index in [0.29, 0.717) is 5.56 Å². The van der Waals surface area contributed by atoms with Crippen LogP contribution in [-0.2, 0) is 15.9 Å². The molecule has 9 heteroatoms. The highest BCUT2D eigenvalue weighted by Gasteiger charge is 2.79. The zero-order chi connectivity index (χ0) is 23.1. The van der Waals surface area contributed by atoms with E-state index in [0.717, 1.165) is 5.56 Å². The Morgan fingerprint density at radius 1 is 1.06 bits per heavy atom. The van der Waals surface area contributed by atoms with Gasteiger partial charge in [-0.25, -0.2) is 0 Å². The molecule has 32 heavy (non-hydrogen) atoms. The van der Waals surface area contributed by atoms with Gasteiger partial charge in [-0.2, -0.15) is 15.8 Å². The standard InChI is InChI=1S/C23H17N5O4/c1-21-18(11-15-5-3-2-4-6-15)23(14-26,20(27)32-21)22(12-24,13-25)19(31-21)16-7-9-17(10-8-16)28(29)30/h2-10,18-19,27H,11H2,1H3. The van der Waals surface area contributed by atoms with Gasteiger partial charge in [0.15, 0.2) is 5.41 Å². The van der Waals surface area contributed by atoms with E-state index in [9.17, 15) is 25.9 Å². The van der Waals surface area contributed by atoms with Crippen LogP contribution < -0.4 is 0 Å². The fourth-order valence-corrected chi connectivity index (χ4v) is 4.81. The molecular formula is C23H17N5O4. The van der Waals surface area contributed by atoms with Crippen molar-refractivity contribution in [3.63, 3.8) is 0 Å². The van der Waals surface area contributed by atoms with Crippen molar-refractivity contribution in [3.8, 4) is 18.2 Å². The Bertz CT molecular complexity index is 1210. The molecule has 2 heterocycles. The number of non-ortho nitro benzene ring substituents is 1. The van der Waals surface area contributed by atoms with E-state index < -0.39 is 39.5 Å². The van der Waals surface area contributed by atoms with Gasteiger partial charge in [0.1, 0.15) is 6.10 Å². The first-order valence-corrected chi connectivity index (χ1v) is 9.76. The van der Waals surface area contributed by atoms with Gasteiger partial charge < -0.3 is 9.47 Å². The number of fused-ring (bicyclic) bond motifs is 2. The smallest absolute Gasteiger partial charge is 0.269 e. The number of rotatable bonds is 4. The lowest BCUT2D eigenvalue weighted by Crippen LogP contribution is -2.59. The second-order valence-electron chi connectivity index (χ2n) is 7.99. The van der Waals surface area contributed by atoms with Crippen LogP contribution in [0.1, 0.15) is 24.2 Å². The fraction of sp³-hybridized carbons (Fsp3) is 0.304. The van der Waals surface area contributed by atoms with Gasteiger partial charge in [-0.15, -0.1) is 0 Å². The number of nitro groups is 1. The van der Waals surface area contributed by atoms with Crippen molar-refractivity contribution in [2.75, 3.05) is 0 Å². The summed E-state index contributed by atoms with van der Waals surface area (Å²) in [7, 11) is 0. The summed E-state index contributed by atoms with van der Waals surface area (Å²) in [6.45, 7) is 1.59. The summed E-state index contributed by atoms with van der Waals surface area (Å²) in [4.78, 5) is 10.5. The summed E-state index contributed by atoms with van der Waals surface area (Å²) in [5.41, 5.74) is -3.06. The Hall–Kier alpha value is -4.26. The summed E-state index contributed by atoms with van der Waals surface area (Å²) >= 11 is 0. The SMILES string of the molecule is CC12OC(=N)C(C#N)(C1Cc1ccccc1)C(C#N)(C#N)C(c1ccc([N+](=O)[O-])cc1)O2. The van der Waals surface area contributed by atoms with Crippen LogP contribution in [0.5, 0.6) is 0 Å². The van der Waals surface area contributed by atoms with Crippen molar-refractivity contribution < 1.29 is 14.4 Å². The van der Waals surface area contributed by atoms with Crippen molar-refractivity contribution in [2.24, 2.45) is 16.7 Å². The average Bonchev–Trinajstić information content (AvgIpc) is 2.96. The topological polar surface area (TPSA) is 157 Å². The second kappa shape index (κ2) is 7.16. The van der Waals surface area contributed by atoms with E-state index in [1.165, 1.54) is 24.3 Å². The van der Waals surface area contributed by atoms with Crippen LogP contribution in [0.4, 0.5) is 5.69 Å². The van der Waals surface area contributed by atoms with Crippen molar-refractivity contribution in [2.45, 2.75) is 25.2 Å². The lowest BCUT2D eigenvalue weighted by atomic mass is 9.52. The zero-order valence-electron chi connectivity index (χ0n) is 17.0. The van der Waals surface area contributed by atoms with Gasteiger partial charge >= 0.3 is 0 Å². The van der Waals surface area contributed by atoms with Crippen molar-refractivity contribution in [1.82, 2.24) is 0 Å². The predicted molar refractivity (Wildman–Crippen MR) is 109 cm³/mol. The van der Waals surface area contributed by atoms with Gasteiger partial charge in [0, 0.05) is 19.1 Å². The molecular weight excluding hydrogens is 410 g/mol. The highest BCUT2D eigenvalue weighted by atomic mass is 16.7. The number of nitrogens with zero attached hydrogens (tertiary/aromatic N) is 4. The molecule has 2 bridgehead atoms. The number of nitriles is 3. The van der Waals surface area contributed by atoms with Crippen molar-refractivity contribution in [3.05, 3.63) is 75.8 Å². The number of hydrogen-bond acceptors (Lipinski definition) is 8. The van der Waals surface area contributed by atoms with Gasteiger partial charge in [0.25, 0.3) is 5.69 Å². The minimum Gasteiger partial charge on any atom is -0.448 e. The van der Waals surface area contributed by atoms with E-state index >= 15 is 0 Å². The highest BCUT2D eigenvalue weighted by Crippen LogP contribution is 2.66. The normalized spacial score (nSPS) is 29.8. The molecule has 1 N–H and O–H groups in total. The molecule has 0 aliphatic carbocycles. The Morgan fingerprint density at radius 2 is 1.69 bits per heavy atom. The van der Waals surface area contributed by atoms with Crippen molar-refractivity contribution in [1.29, 1.82) is 21.2 Å². The maximum atomic E-state index is 11.0.